The summed E-state index contributed by atoms with van der Waals surface area (Å²) in [5.74, 6) is -2.27. The van der Waals surface area contributed by atoms with Crippen LogP contribution in [0.4, 0.5) is 0 Å². The molecule has 99 heavy (non-hydrogen) atoms. The minimum absolute atomic E-state index is 0.0107. The van der Waals surface area contributed by atoms with Gasteiger partial charge in [-0.15, -0.1) is 0 Å². The van der Waals surface area contributed by atoms with E-state index in [1.807, 2.05) is 27.7 Å². The van der Waals surface area contributed by atoms with Gasteiger partial charge in [0.2, 0.25) is 11.8 Å². The van der Waals surface area contributed by atoms with E-state index in [0.29, 0.717) is 51.1 Å². The van der Waals surface area contributed by atoms with Crippen LogP contribution in [0.5, 0.6) is 0 Å². The molecule has 2 amide bonds. The van der Waals surface area contributed by atoms with Crippen molar-refractivity contribution in [3.05, 3.63) is 34.9 Å². The molecule has 0 aromatic rings. The van der Waals surface area contributed by atoms with Crippen LogP contribution in [0.15, 0.2) is 34.9 Å². The molecular formula is C78H128N4O17. The van der Waals surface area contributed by atoms with Crippen molar-refractivity contribution in [2.75, 3.05) is 74.9 Å². The van der Waals surface area contributed by atoms with Crippen molar-refractivity contribution in [1.29, 1.82) is 0 Å². The molecule has 8 saturated heterocycles. The first-order valence-corrected chi connectivity index (χ1v) is 37.8. The zero-order valence-corrected chi connectivity index (χ0v) is 63.7. The fraction of sp³-hybridized carbons (Fsp3) is 0.859. The highest BCUT2D eigenvalue weighted by molar-refractivity contribution is 5.84. The van der Waals surface area contributed by atoms with Crippen molar-refractivity contribution in [2.45, 2.75) is 313 Å². The highest BCUT2D eigenvalue weighted by Crippen LogP contribution is 2.63. The van der Waals surface area contributed by atoms with Crippen LogP contribution in [0.3, 0.4) is 0 Å². The third-order valence-corrected chi connectivity index (χ3v) is 24.7. The maximum Gasteiger partial charge on any atom is 0.306 e. The molecule has 21 nitrogen and oxygen atoms in total. The van der Waals surface area contributed by atoms with Crippen molar-refractivity contribution in [2.24, 2.45) is 47.2 Å². The number of allylic oxidation sites excluding steroid dienone is 3. The summed E-state index contributed by atoms with van der Waals surface area (Å²) in [5.41, 5.74) is 7.57. The SMILES string of the molecule is CO[C@@H]1[C@H](OC(=O)CCCC2CCCN2C)CC[C@]2(CO2)[C@H]1[C@@]1(C)O[C@@H]1CC=C(C)C.CO[C@@H]1[C@H](OC(=O)C[C@@H](C(=O)NCCC2CCCN2C)C(C)C)CC[C@]2(CO2)[C@H]1[C@@]1(C)O[C@@H]1CC=C(C)C.CO[C@@H]1[C@H](OC(=O)C[C@@H](C(N)=O)C(C)C)CC[C@]2(CO2)[C@H]1[C@@]1(C)O[C@@H]1CC=C(C)C. The largest absolute Gasteiger partial charge is 0.460 e. The predicted octanol–water partition coefficient (Wildman–Crippen LogP) is 10.5. The molecule has 3 aliphatic carbocycles. The Morgan fingerprint density at radius 1 is 0.525 bits per heavy atom. The average Bonchev–Trinajstić information content (AvgIpc) is 1.55. The summed E-state index contributed by atoms with van der Waals surface area (Å²) in [6.07, 6.45) is 20.8. The Hall–Kier alpha value is -3.87. The Morgan fingerprint density at radius 3 is 1.17 bits per heavy atom. The van der Waals surface area contributed by atoms with Gasteiger partial charge in [-0.25, -0.2) is 0 Å². The lowest BCUT2D eigenvalue weighted by atomic mass is 9.68. The molecular weight excluding hydrogens is 1260 g/mol. The van der Waals surface area contributed by atoms with Gasteiger partial charge >= 0.3 is 17.9 Å². The molecule has 3 spiro atoms. The van der Waals surface area contributed by atoms with Crippen LogP contribution < -0.4 is 11.1 Å². The smallest absolute Gasteiger partial charge is 0.306 e. The van der Waals surface area contributed by atoms with Crippen molar-refractivity contribution < 1.29 is 80.8 Å². The second kappa shape index (κ2) is 33.1. The number of rotatable bonds is 30. The van der Waals surface area contributed by atoms with E-state index in [9.17, 15) is 24.0 Å². The summed E-state index contributed by atoms with van der Waals surface area (Å²) in [6, 6.07) is 1.15. The molecule has 0 bridgehead atoms. The number of epoxide rings is 6. The van der Waals surface area contributed by atoms with Crippen LogP contribution in [0.25, 0.3) is 0 Å². The highest BCUT2D eigenvalue weighted by Gasteiger charge is 2.75. The summed E-state index contributed by atoms with van der Waals surface area (Å²) < 4.78 is 72.4. The lowest BCUT2D eigenvalue weighted by Crippen LogP contribution is -2.55. The normalized spacial score (nSPS) is 39.0. The molecule has 11 fully saturated rings. The van der Waals surface area contributed by atoms with Gasteiger partial charge in [-0.3, -0.25) is 24.0 Å². The molecule has 21 heteroatoms. The first-order valence-electron chi connectivity index (χ1n) is 37.8. The number of ether oxygens (including phenoxy) is 12. The second-order valence-corrected chi connectivity index (χ2v) is 33.3. The van der Waals surface area contributed by atoms with Gasteiger partial charge in [-0.2, -0.15) is 0 Å². The van der Waals surface area contributed by atoms with Gasteiger partial charge in [-0.05, 0) is 204 Å². The lowest BCUT2D eigenvalue weighted by Gasteiger charge is -2.42. The maximum absolute atomic E-state index is 13.2. The number of likely N-dealkylation sites (tertiary alicyclic amines) is 2. The standard InChI is InChI=1S/C30H50N2O6.C25H41NO5.C23H37NO6/c1-19(2)10-11-24-29(5,38-24)27-26(35-7)23(12-14-30(27)18-36-30)37-25(33)17-22(20(3)4)28(34)31-15-13-21-9-8-16-32(21)6;1-17(2)11-12-20-24(3,31-20)23-22(28-5)19(13-14-25(23)16-29-25)30-21(27)10-6-8-18-9-7-15-26(18)4;1-13(2)7-8-17-22(5,30-17)20-19(27-6)16(9-10-23(20)12-28-23)29-18(25)11-15(14(3)4)21(24)26/h10,20-24,26-27H,8-9,11-18H2,1-7H3,(H,31,34);11,18-20,22-23H,6-10,12-16H2,1-5H3;7,14-17,19-20H,8-12H2,1-6H3,(H2,24,26)/t21?,22-,23-,24-,26-,27-,29+,30+;18?,19-,20-,22-,23-,24+,25+;15-,16-,17-,19-,20-,22+,23+/m111/s1. The molecule has 2 unspecified atom stereocenters. The number of amides is 2. The van der Waals surface area contributed by atoms with Crippen LogP contribution in [-0.2, 0) is 80.8 Å². The quantitative estimate of drug-likeness (QED) is 0.0293. The molecule has 8 heterocycles. The number of primary amides is 1. The molecule has 0 aromatic carbocycles. The summed E-state index contributed by atoms with van der Waals surface area (Å²) in [5, 5.41) is 3.08. The second-order valence-electron chi connectivity index (χ2n) is 33.3. The monoisotopic (exact) mass is 1390 g/mol. The summed E-state index contributed by atoms with van der Waals surface area (Å²) in [4.78, 5) is 67.9. The number of carbonyl (C=O) groups is 5. The van der Waals surface area contributed by atoms with Crippen LogP contribution in [-0.4, -0.2) is 215 Å². The van der Waals surface area contributed by atoms with Crippen LogP contribution >= 0.6 is 0 Å². The minimum Gasteiger partial charge on any atom is -0.460 e. The first-order chi connectivity index (χ1) is 46.8. The van der Waals surface area contributed by atoms with Crippen LogP contribution in [0, 0.1) is 41.4 Å². The Morgan fingerprint density at radius 2 is 0.869 bits per heavy atom. The topological polar surface area (TPSA) is 260 Å². The first kappa shape index (κ1) is 79.3. The van der Waals surface area contributed by atoms with Crippen LogP contribution in [0.1, 0.15) is 212 Å². The van der Waals surface area contributed by atoms with Gasteiger partial charge in [0, 0.05) is 46.4 Å². The van der Waals surface area contributed by atoms with E-state index in [1.165, 1.54) is 48.9 Å². The zero-order valence-electron chi connectivity index (χ0n) is 63.7. The Bertz CT molecular complexity index is 2860. The van der Waals surface area contributed by atoms with Gasteiger partial charge in [0.25, 0.3) is 0 Å². The third kappa shape index (κ3) is 19.0. The van der Waals surface area contributed by atoms with Gasteiger partial charge in [0.05, 0.1) is 80.6 Å². The van der Waals surface area contributed by atoms with E-state index in [1.54, 1.807) is 21.3 Å². The van der Waals surface area contributed by atoms with E-state index in [2.05, 4.69) is 110 Å². The van der Waals surface area contributed by atoms with E-state index in [0.717, 1.165) is 77.4 Å². The van der Waals surface area contributed by atoms with E-state index < -0.39 is 29.8 Å². The van der Waals surface area contributed by atoms with Crippen molar-refractivity contribution in [3.63, 3.8) is 0 Å². The molecule has 8 aliphatic heterocycles. The Balaban J connectivity index is 0.000000175. The number of nitrogens with one attached hydrogen (secondary N) is 1. The third-order valence-electron chi connectivity index (χ3n) is 24.7. The fourth-order valence-corrected chi connectivity index (χ4v) is 18.2. The number of carbonyl (C=O) groups excluding carboxylic acids is 5. The molecule has 11 aliphatic rings. The average molecular weight is 1390 g/mol. The number of hydrogen-bond acceptors (Lipinski definition) is 19. The summed E-state index contributed by atoms with van der Waals surface area (Å²) in [6.45, 7) is 31.8. The molecule has 0 radical (unpaired) electrons. The predicted molar refractivity (Wildman–Crippen MR) is 376 cm³/mol. The number of hydrogen-bond donors (Lipinski definition) is 2. The molecule has 3 N–H and O–H groups in total. The maximum atomic E-state index is 13.2. The highest BCUT2D eigenvalue weighted by atomic mass is 16.7. The summed E-state index contributed by atoms with van der Waals surface area (Å²) in [7, 11) is 9.39. The molecule has 11 rings (SSSR count). The Kier molecular flexibility index (Phi) is 26.5. The number of nitrogens with two attached hydrogens (primary N) is 1. The van der Waals surface area contributed by atoms with Gasteiger partial charge < -0.3 is 77.7 Å². The van der Waals surface area contributed by atoms with Crippen molar-refractivity contribution >= 4 is 29.7 Å². The van der Waals surface area contributed by atoms with Gasteiger partial charge in [0.15, 0.2) is 0 Å². The Labute approximate surface area is 592 Å². The molecule has 562 valence electrons. The van der Waals surface area contributed by atoms with E-state index in [-0.39, 0.29) is 143 Å². The fourth-order valence-electron chi connectivity index (χ4n) is 18.2. The summed E-state index contributed by atoms with van der Waals surface area (Å²) >= 11 is 0. The number of nitrogens with zero attached hydrogens (tertiary/aromatic N) is 2. The molecule has 3 saturated carbocycles. The number of esters is 3. The lowest BCUT2D eigenvalue weighted by molar-refractivity contribution is -0.174. The van der Waals surface area contributed by atoms with E-state index >= 15 is 0 Å². The zero-order chi connectivity index (χ0) is 72.2. The van der Waals surface area contributed by atoms with Crippen LogP contribution in [0.2, 0.25) is 0 Å². The minimum atomic E-state index is -0.534. The van der Waals surface area contributed by atoms with Gasteiger partial charge in [-0.1, -0.05) is 62.6 Å². The van der Waals surface area contributed by atoms with Crippen molar-refractivity contribution in [1.82, 2.24) is 15.1 Å². The van der Waals surface area contributed by atoms with Gasteiger partial charge in [0.1, 0.15) is 70.2 Å². The number of methoxy groups -OCH3 is 3. The molecule has 22 atom stereocenters. The van der Waals surface area contributed by atoms with Crippen molar-refractivity contribution in [3.8, 4) is 0 Å². The molecule has 0 aromatic heterocycles. The van der Waals surface area contributed by atoms with E-state index in [4.69, 9.17) is 62.6 Å².